The van der Waals surface area contributed by atoms with E-state index >= 15 is 0 Å². The van der Waals surface area contributed by atoms with E-state index in [1.165, 1.54) is 24.1 Å². The quantitative estimate of drug-likeness (QED) is 0.612. The van der Waals surface area contributed by atoms with Crippen LogP contribution in [0.1, 0.15) is 48.7 Å². The molecule has 0 amide bonds. The fourth-order valence-electron chi connectivity index (χ4n) is 3.66. The number of aliphatic imine (C=N–C) groups is 1. The molecule has 2 heterocycles. The summed E-state index contributed by atoms with van der Waals surface area (Å²) < 4.78 is 0. The molecule has 2 aliphatic rings. The zero-order chi connectivity index (χ0) is 17.1. The average Bonchev–Trinajstić information content (AvgIpc) is 3.23. The van der Waals surface area contributed by atoms with Crippen molar-refractivity contribution in [2.45, 2.75) is 71.5 Å². The van der Waals surface area contributed by atoms with Crippen molar-refractivity contribution in [3.05, 3.63) is 15.6 Å². The highest BCUT2D eigenvalue weighted by molar-refractivity contribution is 7.11. The van der Waals surface area contributed by atoms with Crippen molar-refractivity contribution in [1.29, 1.82) is 0 Å². The van der Waals surface area contributed by atoms with Crippen molar-refractivity contribution in [2.75, 3.05) is 19.6 Å². The van der Waals surface area contributed by atoms with Gasteiger partial charge in [0.25, 0.3) is 0 Å². The van der Waals surface area contributed by atoms with Crippen LogP contribution >= 0.6 is 11.3 Å². The largest absolute Gasteiger partial charge is 0.357 e. The van der Waals surface area contributed by atoms with Crippen LogP contribution in [-0.4, -0.2) is 53.6 Å². The predicted molar refractivity (Wildman–Crippen MR) is 102 cm³/mol. The van der Waals surface area contributed by atoms with Gasteiger partial charge >= 0.3 is 0 Å². The summed E-state index contributed by atoms with van der Waals surface area (Å²) in [5.41, 5.74) is 1.16. The molecular weight excluding hydrogens is 318 g/mol. The lowest BCUT2D eigenvalue weighted by molar-refractivity contribution is 0.256. The average molecular weight is 350 g/mol. The molecule has 1 saturated carbocycles. The minimum absolute atomic E-state index is 0.519. The summed E-state index contributed by atoms with van der Waals surface area (Å²) in [6.07, 6.45) is 4.97. The van der Waals surface area contributed by atoms with E-state index in [1.54, 1.807) is 11.3 Å². The zero-order valence-corrected chi connectivity index (χ0v) is 16.2. The fourth-order valence-corrected chi connectivity index (χ4v) is 4.59. The van der Waals surface area contributed by atoms with Gasteiger partial charge in [-0.1, -0.05) is 0 Å². The van der Waals surface area contributed by atoms with Crippen LogP contribution in [0.2, 0.25) is 0 Å². The minimum atomic E-state index is 0.519. The second-order valence-electron chi connectivity index (χ2n) is 7.11. The van der Waals surface area contributed by atoms with Gasteiger partial charge in [0, 0.05) is 49.1 Å². The first-order valence-electron chi connectivity index (χ1n) is 9.30. The van der Waals surface area contributed by atoms with Crippen LogP contribution in [0.5, 0.6) is 0 Å². The lowest BCUT2D eigenvalue weighted by Gasteiger charge is -2.20. The first-order chi connectivity index (χ1) is 11.6. The minimum Gasteiger partial charge on any atom is -0.357 e. The number of rotatable bonds is 6. The van der Waals surface area contributed by atoms with Gasteiger partial charge in [0.2, 0.25) is 0 Å². The maximum Gasteiger partial charge on any atom is 0.191 e. The molecule has 2 atom stereocenters. The van der Waals surface area contributed by atoms with E-state index in [9.17, 15) is 0 Å². The Morgan fingerprint density at radius 3 is 2.79 bits per heavy atom. The van der Waals surface area contributed by atoms with Crippen molar-refractivity contribution in [2.24, 2.45) is 4.99 Å². The number of aryl methyl sites for hydroxylation is 2. The lowest BCUT2D eigenvalue weighted by Crippen LogP contribution is -2.44. The molecule has 2 N–H and O–H groups in total. The number of hydrogen-bond donors (Lipinski definition) is 2. The van der Waals surface area contributed by atoms with Gasteiger partial charge in [0.05, 0.1) is 10.7 Å². The molecule has 1 aromatic rings. The van der Waals surface area contributed by atoms with Gasteiger partial charge in [0.1, 0.15) is 0 Å². The van der Waals surface area contributed by atoms with Crippen LogP contribution in [0.25, 0.3) is 0 Å². The molecule has 24 heavy (non-hydrogen) atoms. The summed E-state index contributed by atoms with van der Waals surface area (Å²) in [5, 5.41) is 8.20. The Hall–Kier alpha value is -1.14. The Balaban J connectivity index is 1.53. The van der Waals surface area contributed by atoms with Crippen molar-refractivity contribution < 1.29 is 0 Å². The molecule has 2 unspecified atom stereocenters. The highest BCUT2D eigenvalue weighted by Gasteiger charge is 2.38. The summed E-state index contributed by atoms with van der Waals surface area (Å²) in [4.78, 5) is 13.3. The van der Waals surface area contributed by atoms with E-state index in [0.29, 0.717) is 12.1 Å². The number of likely N-dealkylation sites (tertiary alicyclic amines) is 1. The van der Waals surface area contributed by atoms with E-state index in [2.05, 4.69) is 48.2 Å². The monoisotopic (exact) mass is 349 g/mol. The normalized spacial score (nSPS) is 25.2. The Labute approximate surface area is 150 Å². The zero-order valence-electron chi connectivity index (χ0n) is 15.4. The van der Waals surface area contributed by atoms with Gasteiger partial charge in [-0.25, -0.2) is 4.98 Å². The van der Waals surface area contributed by atoms with Crippen LogP contribution in [0.3, 0.4) is 0 Å². The fraction of sp³-hybridized carbons (Fsp3) is 0.778. The van der Waals surface area contributed by atoms with Crippen molar-refractivity contribution in [3.63, 3.8) is 0 Å². The molecule has 2 fully saturated rings. The maximum absolute atomic E-state index is 4.79. The second-order valence-corrected chi connectivity index (χ2v) is 8.39. The van der Waals surface area contributed by atoms with Crippen LogP contribution in [-0.2, 0) is 6.42 Å². The van der Waals surface area contributed by atoms with Gasteiger partial charge in [0.15, 0.2) is 5.96 Å². The summed E-state index contributed by atoms with van der Waals surface area (Å²) in [6.45, 7) is 11.5. The van der Waals surface area contributed by atoms with Crippen molar-refractivity contribution >= 4 is 17.3 Å². The van der Waals surface area contributed by atoms with Crippen molar-refractivity contribution in [3.8, 4) is 0 Å². The number of guanidine groups is 1. The topological polar surface area (TPSA) is 52.6 Å². The molecule has 0 bridgehead atoms. The van der Waals surface area contributed by atoms with Gasteiger partial charge in [-0.2, -0.15) is 0 Å². The molecule has 1 aliphatic heterocycles. The standard InChI is InChI=1S/C18H31N5S/c1-5-19-18(20-9-8-17-13(3)21-14(4)24-17)22-15-10-12(2)23(11-15)16-6-7-16/h12,15-16H,5-11H2,1-4H3,(H2,19,20,22). The molecule has 1 aliphatic carbocycles. The number of nitrogens with one attached hydrogen (secondary N) is 2. The third-order valence-corrected chi connectivity index (χ3v) is 6.06. The van der Waals surface area contributed by atoms with Crippen molar-refractivity contribution in [1.82, 2.24) is 20.5 Å². The van der Waals surface area contributed by atoms with E-state index in [4.69, 9.17) is 4.99 Å². The van der Waals surface area contributed by atoms with Gasteiger partial charge in [-0.15, -0.1) is 11.3 Å². The van der Waals surface area contributed by atoms with Gasteiger partial charge in [-0.05, 0) is 47.0 Å². The van der Waals surface area contributed by atoms with E-state index in [1.807, 2.05) is 0 Å². The maximum atomic E-state index is 4.79. The smallest absolute Gasteiger partial charge is 0.191 e. The summed E-state index contributed by atoms with van der Waals surface area (Å²) in [7, 11) is 0. The van der Waals surface area contributed by atoms with Gasteiger partial charge < -0.3 is 10.6 Å². The summed E-state index contributed by atoms with van der Waals surface area (Å²) >= 11 is 1.80. The highest BCUT2D eigenvalue weighted by Crippen LogP contribution is 2.33. The summed E-state index contributed by atoms with van der Waals surface area (Å²) in [6, 6.07) is 2.07. The lowest BCUT2D eigenvalue weighted by atomic mass is 10.2. The molecule has 3 rings (SSSR count). The number of thiazole rings is 1. The molecule has 0 spiro atoms. The molecule has 0 aromatic carbocycles. The molecule has 134 valence electrons. The number of aromatic nitrogens is 1. The van der Waals surface area contributed by atoms with Crippen LogP contribution in [0.15, 0.2) is 4.99 Å². The third-order valence-electron chi connectivity index (χ3n) is 4.93. The first kappa shape index (κ1) is 17.7. The Morgan fingerprint density at radius 2 is 2.17 bits per heavy atom. The Morgan fingerprint density at radius 1 is 1.38 bits per heavy atom. The first-order valence-corrected chi connectivity index (χ1v) is 10.1. The Kier molecular flexibility index (Phi) is 5.76. The number of hydrogen-bond acceptors (Lipinski definition) is 4. The van der Waals surface area contributed by atoms with Crippen LogP contribution in [0.4, 0.5) is 0 Å². The molecule has 5 nitrogen and oxygen atoms in total. The van der Waals surface area contributed by atoms with E-state index in [-0.39, 0.29) is 0 Å². The Bertz CT molecular complexity index is 578. The molecular formula is C18H31N5S. The molecule has 6 heteroatoms. The van der Waals surface area contributed by atoms with E-state index < -0.39 is 0 Å². The summed E-state index contributed by atoms with van der Waals surface area (Å²) in [5.74, 6) is 0.964. The second kappa shape index (κ2) is 7.83. The van der Waals surface area contributed by atoms with Crippen LogP contribution in [0, 0.1) is 13.8 Å². The SMILES string of the molecule is CCNC(=NCCc1sc(C)nc1C)NC1CC(C)N(C2CC2)C1. The number of nitrogens with zero attached hydrogens (tertiary/aromatic N) is 3. The predicted octanol–water partition coefficient (Wildman–Crippen LogP) is 2.48. The molecule has 1 aromatic heterocycles. The third kappa shape index (κ3) is 4.48. The van der Waals surface area contributed by atoms with Gasteiger partial charge in [-0.3, -0.25) is 9.89 Å². The van der Waals surface area contributed by atoms with E-state index in [0.717, 1.165) is 48.8 Å². The molecule has 0 radical (unpaired) electrons. The molecule has 1 saturated heterocycles. The highest BCUT2D eigenvalue weighted by atomic mass is 32.1. The van der Waals surface area contributed by atoms with Crippen LogP contribution < -0.4 is 10.6 Å².